The summed E-state index contributed by atoms with van der Waals surface area (Å²) in [5.74, 6) is 0.810. The highest BCUT2D eigenvalue weighted by Crippen LogP contribution is 2.17. The monoisotopic (exact) mass is 246 g/mol. The van der Waals surface area contributed by atoms with Gasteiger partial charge in [0.25, 0.3) is 0 Å². The minimum atomic E-state index is -1.06. The SMILES string of the molecule is C#CCC(N)C(=O)Nc1cc(C(=O)O)ccc1C. The fourth-order valence-electron chi connectivity index (χ4n) is 1.33. The van der Waals surface area contributed by atoms with Crippen molar-refractivity contribution in [2.24, 2.45) is 5.73 Å². The molecule has 0 radical (unpaired) electrons. The second-order valence-electron chi connectivity index (χ2n) is 3.84. The number of amides is 1. The molecule has 0 aliphatic carbocycles. The summed E-state index contributed by atoms with van der Waals surface area (Å²) in [5.41, 5.74) is 6.83. The molecule has 0 saturated carbocycles. The first-order chi connectivity index (χ1) is 8.45. The van der Waals surface area contributed by atoms with Crippen LogP contribution in [0.25, 0.3) is 0 Å². The lowest BCUT2D eigenvalue weighted by Crippen LogP contribution is -2.35. The Balaban J connectivity index is 2.90. The van der Waals surface area contributed by atoms with Crippen molar-refractivity contribution in [1.29, 1.82) is 0 Å². The highest BCUT2D eigenvalue weighted by atomic mass is 16.4. The molecular formula is C13H14N2O3. The Kier molecular flexibility index (Phi) is 4.46. The lowest BCUT2D eigenvalue weighted by molar-refractivity contribution is -0.117. The molecule has 5 heteroatoms. The number of rotatable bonds is 4. The highest BCUT2D eigenvalue weighted by molar-refractivity contribution is 5.97. The first-order valence-corrected chi connectivity index (χ1v) is 5.29. The van der Waals surface area contributed by atoms with E-state index in [0.717, 1.165) is 5.56 Å². The van der Waals surface area contributed by atoms with Gasteiger partial charge in [0.1, 0.15) is 0 Å². The lowest BCUT2D eigenvalue weighted by Gasteiger charge is -2.12. The molecule has 5 nitrogen and oxygen atoms in total. The predicted octanol–water partition coefficient (Wildman–Crippen LogP) is 0.982. The van der Waals surface area contributed by atoms with Crippen molar-refractivity contribution in [3.8, 4) is 12.3 Å². The van der Waals surface area contributed by atoms with Gasteiger partial charge in [0.2, 0.25) is 5.91 Å². The normalized spacial score (nSPS) is 11.4. The molecular weight excluding hydrogens is 232 g/mol. The summed E-state index contributed by atoms with van der Waals surface area (Å²) in [6.07, 6.45) is 5.20. The van der Waals surface area contributed by atoms with Crippen LogP contribution in [0.5, 0.6) is 0 Å². The molecule has 0 bridgehead atoms. The molecule has 1 rings (SSSR count). The van der Waals surface area contributed by atoms with Crippen LogP contribution in [-0.2, 0) is 4.79 Å². The number of benzene rings is 1. The number of carboxylic acids is 1. The van der Waals surface area contributed by atoms with Crippen LogP contribution in [0.4, 0.5) is 5.69 Å². The molecule has 0 heterocycles. The van der Waals surface area contributed by atoms with Crippen LogP contribution in [0.3, 0.4) is 0 Å². The van der Waals surface area contributed by atoms with E-state index in [1.54, 1.807) is 13.0 Å². The zero-order valence-corrected chi connectivity index (χ0v) is 9.93. The molecule has 4 N–H and O–H groups in total. The third-order valence-corrected chi connectivity index (χ3v) is 2.42. The van der Waals surface area contributed by atoms with Crippen molar-refractivity contribution in [3.63, 3.8) is 0 Å². The maximum atomic E-state index is 11.7. The van der Waals surface area contributed by atoms with Gasteiger partial charge in [-0.05, 0) is 24.6 Å². The largest absolute Gasteiger partial charge is 0.478 e. The average molecular weight is 246 g/mol. The Morgan fingerprint density at radius 2 is 2.22 bits per heavy atom. The van der Waals surface area contributed by atoms with Gasteiger partial charge in [0, 0.05) is 12.1 Å². The molecule has 94 valence electrons. The van der Waals surface area contributed by atoms with Gasteiger partial charge in [0.15, 0.2) is 0 Å². The average Bonchev–Trinajstić information content (AvgIpc) is 2.31. The van der Waals surface area contributed by atoms with Crippen molar-refractivity contribution >= 4 is 17.6 Å². The van der Waals surface area contributed by atoms with E-state index >= 15 is 0 Å². The highest BCUT2D eigenvalue weighted by Gasteiger charge is 2.14. The number of carbonyl (C=O) groups is 2. The Hall–Kier alpha value is -2.32. The van der Waals surface area contributed by atoms with Crippen LogP contribution >= 0.6 is 0 Å². The van der Waals surface area contributed by atoms with E-state index in [9.17, 15) is 9.59 Å². The number of hydrogen-bond acceptors (Lipinski definition) is 3. The molecule has 1 amide bonds. The minimum absolute atomic E-state index is 0.0985. The maximum absolute atomic E-state index is 11.7. The van der Waals surface area contributed by atoms with Gasteiger partial charge in [-0.3, -0.25) is 4.79 Å². The molecule has 1 aromatic carbocycles. The number of carboxylic acid groups (broad SMARTS) is 1. The summed E-state index contributed by atoms with van der Waals surface area (Å²) in [4.78, 5) is 22.5. The summed E-state index contributed by atoms with van der Waals surface area (Å²) in [6.45, 7) is 1.76. The quantitative estimate of drug-likeness (QED) is 0.690. The van der Waals surface area contributed by atoms with Gasteiger partial charge in [-0.1, -0.05) is 6.07 Å². The number of nitrogens with two attached hydrogens (primary N) is 1. The second kappa shape index (κ2) is 5.84. The minimum Gasteiger partial charge on any atom is -0.478 e. The lowest BCUT2D eigenvalue weighted by atomic mass is 10.1. The van der Waals surface area contributed by atoms with Crippen LogP contribution in [0.2, 0.25) is 0 Å². The molecule has 0 saturated heterocycles. The van der Waals surface area contributed by atoms with E-state index in [2.05, 4.69) is 11.2 Å². The van der Waals surface area contributed by atoms with Crippen LogP contribution in [0.1, 0.15) is 22.3 Å². The van der Waals surface area contributed by atoms with E-state index in [0.29, 0.717) is 5.69 Å². The van der Waals surface area contributed by atoms with Gasteiger partial charge >= 0.3 is 5.97 Å². The van der Waals surface area contributed by atoms with Gasteiger partial charge < -0.3 is 16.2 Å². The van der Waals surface area contributed by atoms with Crippen LogP contribution in [0.15, 0.2) is 18.2 Å². The van der Waals surface area contributed by atoms with Crippen molar-refractivity contribution in [2.75, 3.05) is 5.32 Å². The van der Waals surface area contributed by atoms with Crippen LogP contribution < -0.4 is 11.1 Å². The molecule has 0 spiro atoms. The smallest absolute Gasteiger partial charge is 0.335 e. The van der Waals surface area contributed by atoms with E-state index in [1.165, 1.54) is 12.1 Å². The molecule has 1 aromatic rings. The van der Waals surface area contributed by atoms with Gasteiger partial charge in [0.05, 0.1) is 11.6 Å². The fourth-order valence-corrected chi connectivity index (χ4v) is 1.33. The van der Waals surface area contributed by atoms with E-state index in [4.69, 9.17) is 17.3 Å². The summed E-state index contributed by atoms with van der Waals surface area (Å²) in [6, 6.07) is 3.67. The van der Waals surface area contributed by atoms with Crippen LogP contribution in [-0.4, -0.2) is 23.0 Å². The van der Waals surface area contributed by atoms with Gasteiger partial charge in [-0.15, -0.1) is 12.3 Å². The number of nitrogens with one attached hydrogen (secondary N) is 1. The second-order valence-corrected chi connectivity index (χ2v) is 3.84. The zero-order valence-electron chi connectivity index (χ0n) is 9.93. The predicted molar refractivity (Wildman–Crippen MR) is 68.2 cm³/mol. The molecule has 0 aliphatic heterocycles. The number of carbonyl (C=O) groups excluding carboxylic acids is 1. The summed E-state index contributed by atoms with van der Waals surface area (Å²) in [5, 5.41) is 11.4. The number of terminal acetylenes is 1. The molecule has 0 aromatic heterocycles. The standard InChI is InChI=1S/C13H14N2O3/c1-3-4-10(14)12(16)15-11-7-9(13(17)18)6-5-8(11)2/h1,5-7,10H,4,14H2,2H3,(H,15,16)(H,17,18). The number of aromatic carboxylic acids is 1. The Morgan fingerprint density at radius 3 is 2.78 bits per heavy atom. The summed E-state index contributed by atoms with van der Waals surface area (Å²) in [7, 11) is 0. The Labute approximate surface area is 105 Å². The summed E-state index contributed by atoms with van der Waals surface area (Å²) >= 11 is 0. The van der Waals surface area contributed by atoms with Gasteiger partial charge in [-0.2, -0.15) is 0 Å². The fraction of sp³-hybridized carbons (Fsp3) is 0.231. The number of hydrogen-bond donors (Lipinski definition) is 3. The first-order valence-electron chi connectivity index (χ1n) is 5.29. The third kappa shape index (κ3) is 3.34. The van der Waals surface area contributed by atoms with Crippen molar-refractivity contribution in [3.05, 3.63) is 29.3 Å². The van der Waals surface area contributed by atoms with E-state index in [1.807, 2.05) is 0 Å². The molecule has 18 heavy (non-hydrogen) atoms. The van der Waals surface area contributed by atoms with E-state index < -0.39 is 17.9 Å². The van der Waals surface area contributed by atoms with Crippen molar-refractivity contribution in [1.82, 2.24) is 0 Å². The van der Waals surface area contributed by atoms with E-state index in [-0.39, 0.29) is 12.0 Å². The summed E-state index contributed by atoms with van der Waals surface area (Å²) < 4.78 is 0. The zero-order chi connectivity index (χ0) is 13.7. The molecule has 0 aliphatic rings. The molecule has 0 fully saturated rings. The first kappa shape index (κ1) is 13.7. The van der Waals surface area contributed by atoms with Gasteiger partial charge in [-0.25, -0.2) is 4.79 Å². The number of anilines is 1. The Bertz CT molecular complexity index is 517. The molecule has 1 unspecified atom stereocenters. The topological polar surface area (TPSA) is 92.4 Å². The number of aryl methyl sites for hydroxylation is 1. The Morgan fingerprint density at radius 1 is 1.56 bits per heavy atom. The van der Waals surface area contributed by atoms with Crippen molar-refractivity contribution in [2.45, 2.75) is 19.4 Å². The molecule has 1 atom stereocenters. The van der Waals surface area contributed by atoms with Crippen molar-refractivity contribution < 1.29 is 14.7 Å². The maximum Gasteiger partial charge on any atom is 0.335 e. The van der Waals surface area contributed by atoms with Crippen LogP contribution in [0, 0.1) is 19.3 Å². The third-order valence-electron chi connectivity index (χ3n) is 2.42.